The molecule has 186 valence electrons. The Hall–Kier alpha value is -2.88. The molecular weight excluding hydrogens is 424 g/mol. The third kappa shape index (κ3) is 6.59. The van der Waals surface area contributed by atoms with Crippen LogP contribution in [0.5, 0.6) is 0 Å². The zero-order valence-corrected chi connectivity index (χ0v) is 23.2. The monoisotopic (exact) mass is 466 g/mol. The van der Waals surface area contributed by atoms with Crippen molar-refractivity contribution in [3.8, 4) is 0 Å². The van der Waals surface area contributed by atoms with Crippen LogP contribution in [0.15, 0.2) is 6.08 Å². The summed E-state index contributed by atoms with van der Waals surface area (Å²) in [6, 6.07) is 0. The molecule has 2 rings (SSSR count). The highest BCUT2D eigenvalue weighted by atomic mass is 16.5. The minimum Gasteiger partial charge on any atom is -0.469 e. The van der Waals surface area contributed by atoms with Gasteiger partial charge in [0, 0.05) is 12.5 Å². The van der Waals surface area contributed by atoms with Crippen LogP contribution in [0.2, 0.25) is 0 Å². The van der Waals surface area contributed by atoms with Gasteiger partial charge in [0.25, 0.3) is 0 Å². The van der Waals surface area contributed by atoms with Gasteiger partial charge in [0.2, 0.25) is 0 Å². The van der Waals surface area contributed by atoms with Crippen molar-refractivity contribution in [3.63, 3.8) is 0 Å². The van der Waals surface area contributed by atoms with Gasteiger partial charge in [-0.15, -0.1) is 0 Å². The van der Waals surface area contributed by atoms with Gasteiger partial charge in [0.1, 0.15) is 0 Å². The largest absolute Gasteiger partial charge is 0.469 e. The van der Waals surface area contributed by atoms with E-state index >= 15 is 0 Å². The molecule has 34 heavy (non-hydrogen) atoms. The van der Waals surface area contributed by atoms with Crippen LogP contribution in [-0.2, 0) is 25.5 Å². The van der Waals surface area contributed by atoms with Crippen LogP contribution in [0, 0.1) is 69.2 Å². The van der Waals surface area contributed by atoms with Crippen molar-refractivity contribution in [1.29, 1.82) is 0 Å². The predicted molar refractivity (Wildman–Crippen MR) is 142 cm³/mol. The Balaban J connectivity index is 0.000000340. The molecule has 0 spiro atoms. The number of esters is 2. The summed E-state index contributed by atoms with van der Waals surface area (Å²) in [5.74, 6) is -0.459. The first-order chi connectivity index (χ1) is 15.8. The molecule has 0 aliphatic carbocycles. The molecule has 2 aromatic carbocycles. The molecule has 0 radical (unpaired) electrons. The minimum atomic E-state index is -0.320. The highest BCUT2D eigenvalue weighted by Gasteiger charge is 2.13. The summed E-state index contributed by atoms with van der Waals surface area (Å²) in [5.41, 5.74) is 15.5. The van der Waals surface area contributed by atoms with Crippen molar-refractivity contribution in [1.82, 2.24) is 0 Å². The molecule has 0 aliphatic heterocycles. The molecule has 0 N–H and O–H groups in total. The van der Waals surface area contributed by atoms with E-state index in [0.717, 1.165) is 12.0 Å². The Morgan fingerprint density at radius 2 is 0.971 bits per heavy atom. The second-order valence-corrected chi connectivity index (χ2v) is 9.07. The fraction of sp³-hybridized carbons (Fsp3) is 0.467. The van der Waals surface area contributed by atoms with E-state index in [2.05, 4.69) is 74.0 Å². The Bertz CT molecular complexity index is 1050. The predicted octanol–water partition coefficient (Wildman–Crippen LogP) is 6.75. The van der Waals surface area contributed by atoms with Crippen molar-refractivity contribution in [2.24, 2.45) is 0 Å². The fourth-order valence-corrected chi connectivity index (χ4v) is 4.28. The molecule has 0 unspecified atom stereocenters. The van der Waals surface area contributed by atoms with E-state index in [-0.39, 0.29) is 11.9 Å². The molecule has 0 saturated carbocycles. The fourth-order valence-electron chi connectivity index (χ4n) is 4.28. The summed E-state index contributed by atoms with van der Waals surface area (Å²) in [4.78, 5) is 22.4. The molecule has 0 aliphatic rings. The minimum absolute atomic E-state index is 0.139. The van der Waals surface area contributed by atoms with Crippen molar-refractivity contribution < 1.29 is 19.1 Å². The van der Waals surface area contributed by atoms with E-state index in [1.54, 1.807) is 0 Å². The molecule has 0 aromatic heterocycles. The standard InChI is InChI=1S/C15H22O2.C15H20O2/c2*1-9-10(2)12(4)14(13(5)11(9)3)7-8-15(16)17-6/h7-8H2,1-6H3;7-8H,1-6H3/b;8-7+. The second kappa shape index (κ2) is 12.5. The number of rotatable bonds is 5. The molecule has 0 saturated heterocycles. The van der Waals surface area contributed by atoms with Crippen molar-refractivity contribution >= 4 is 18.0 Å². The number of carbonyl (C=O) groups excluding carboxylic acids is 2. The summed E-state index contributed by atoms with van der Waals surface area (Å²) in [6.07, 6.45) is 4.55. The first kappa shape index (κ1) is 29.2. The average Bonchev–Trinajstić information content (AvgIpc) is 2.83. The topological polar surface area (TPSA) is 52.6 Å². The van der Waals surface area contributed by atoms with Gasteiger partial charge < -0.3 is 9.47 Å². The maximum atomic E-state index is 11.2. The average molecular weight is 467 g/mol. The van der Waals surface area contributed by atoms with E-state index < -0.39 is 0 Å². The molecule has 0 amide bonds. The lowest BCUT2D eigenvalue weighted by Gasteiger charge is -2.18. The number of benzene rings is 2. The molecule has 0 bridgehead atoms. The molecule has 0 atom stereocenters. The van der Waals surface area contributed by atoms with Gasteiger partial charge in [-0.1, -0.05) is 0 Å². The zero-order chi connectivity index (χ0) is 26.3. The maximum absolute atomic E-state index is 11.2. The van der Waals surface area contributed by atoms with Crippen LogP contribution in [0.25, 0.3) is 6.08 Å². The zero-order valence-electron chi connectivity index (χ0n) is 23.2. The van der Waals surface area contributed by atoms with Gasteiger partial charge in [-0.05, 0) is 148 Å². The van der Waals surface area contributed by atoms with E-state index in [9.17, 15) is 9.59 Å². The van der Waals surface area contributed by atoms with Gasteiger partial charge >= 0.3 is 11.9 Å². The van der Waals surface area contributed by atoms with E-state index in [1.165, 1.54) is 81.5 Å². The summed E-state index contributed by atoms with van der Waals surface area (Å²) < 4.78 is 9.31. The van der Waals surface area contributed by atoms with Gasteiger partial charge in [0.05, 0.1) is 14.2 Å². The Morgan fingerprint density at radius 1 is 0.588 bits per heavy atom. The lowest BCUT2D eigenvalue weighted by Crippen LogP contribution is -2.07. The molecular formula is C30H42O4. The van der Waals surface area contributed by atoms with Crippen molar-refractivity contribution in [2.45, 2.75) is 82.1 Å². The number of ether oxygens (including phenoxy) is 2. The number of hydrogen-bond donors (Lipinski definition) is 0. The van der Waals surface area contributed by atoms with Crippen LogP contribution >= 0.6 is 0 Å². The Labute approximate surface area is 206 Å². The van der Waals surface area contributed by atoms with Gasteiger partial charge in [0.15, 0.2) is 0 Å². The Morgan fingerprint density at radius 3 is 1.35 bits per heavy atom. The molecule has 4 heteroatoms. The van der Waals surface area contributed by atoms with E-state index in [4.69, 9.17) is 4.74 Å². The van der Waals surface area contributed by atoms with Crippen LogP contribution in [0.3, 0.4) is 0 Å². The first-order valence-electron chi connectivity index (χ1n) is 11.8. The molecule has 0 fully saturated rings. The summed E-state index contributed by atoms with van der Waals surface area (Å²) in [7, 11) is 2.83. The van der Waals surface area contributed by atoms with Gasteiger partial charge in [-0.2, -0.15) is 0 Å². The highest BCUT2D eigenvalue weighted by Crippen LogP contribution is 2.28. The van der Waals surface area contributed by atoms with Crippen LogP contribution in [0.1, 0.15) is 73.2 Å². The molecule has 0 heterocycles. The van der Waals surface area contributed by atoms with Gasteiger partial charge in [-0.25, -0.2) is 4.79 Å². The van der Waals surface area contributed by atoms with Crippen LogP contribution < -0.4 is 0 Å². The number of carbonyl (C=O) groups is 2. The normalized spacial score (nSPS) is 10.7. The van der Waals surface area contributed by atoms with Gasteiger partial charge in [-0.3, -0.25) is 4.79 Å². The van der Waals surface area contributed by atoms with Crippen LogP contribution in [0.4, 0.5) is 0 Å². The lowest BCUT2D eigenvalue weighted by atomic mass is 9.88. The first-order valence-corrected chi connectivity index (χ1v) is 11.8. The third-order valence-corrected chi connectivity index (χ3v) is 7.61. The van der Waals surface area contributed by atoms with Crippen LogP contribution in [-0.4, -0.2) is 26.2 Å². The summed E-state index contributed by atoms with van der Waals surface area (Å²) >= 11 is 0. The third-order valence-electron chi connectivity index (χ3n) is 7.61. The Kier molecular flexibility index (Phi) is 10.8. The van der Waals surface area contributed by atoms with E-state index in [0.29, 0.717) is 6.42 Å². The lowest BCUT2D eigenvalue weighted by molar-refractivity contribution is -0.140. The SMILES string of the molecule is COC(=O)/C=C/c1c(C)c(C)c(C)c(C)c1C.COC(=O)CCc1c(C)c(C)c(C)c(C)c1C. The quantitative estimate of drug-likeness (QED) is 0.361. The summed E-state index contributed by atoms with van der Waals surface area (Å²) in [5, 5.41) is 0. The second-order valence-electron chi connectivity index (χ2n) is 9.07. The number of hydrogen-bond acceptors (Lipinski definition) is 4. The summed E-state index contributed by atoms with van der Waals surface area (Å²) in [6.45, 7) is 21.3. The highest BCUT2D eigenvalue weighted by molar-refractivity contribution is 5.87. The van der Waals surface area contributed by atoms with Crippen molar-refractivity contribution in [3.05, 3.63) is 72.8 Å². The van der Waals surface area contributed by atoms with E-state index in [1.807, 2.05) is 6.08 Å². The maximum Gasteiger partial charge on any atom is 0.330 e. The smallest absolute Gasteiger partial charge is 0.330 e. The molecule has 4 nitrogen and oxygen atoms in total. The molecule has 2 aromatic rings. The van der Waals surface area contributed by atoms with Crippen molar-refractivity contribution in [2.75, 3.05) is 14.2 Å². The number of methoxy groups -OCH3 is 2.